The molecule has 2 N–H and O–H groups in total. The first-order chi connectivity index (χ1) is 8.58. The molecular weight excluding hydrogens is 248 g/mol. The Morgan fingerprint density at radius 3 is 2.89 bits per heavy atom. The lowest BCUT2D eigenvalue weighted by Gasteiger charge is -2.41. The van der Waals surface area contributed by atoms with Gasteiger partial charge in [0.05, 0.1) is 16.3 Å². The topological polar surface area (TPSA) is 38.5 Å². The maximum atomic E-state index is 6.34. The summed E-state index contributed by atoms with van der Waals surface area (Å²) in [6, 6.07) is 6.06. The number of anilines is 1. The summed E-state index contributed by atoms with van der Waals surface area (Å²) in [5.41, 5.74) is 7.69. The fraction of sp³-hybridized carbons (Fsp3) is 0.571. The zero-order valence-electron chi connectivity index (χ0n) is 11.1. The molecule has 1 atom stereocenters. The average molecular weight is 269 g/mol. The Kier molecular flexibility index (Phi) is 4.15. The van der Waals surface area contributed by atoms with Crippen LogP contribution in [0.2, 0.25) is 5.02 Å². The molecule has 0 aliphatic carbocycles. The van der Waals surface area contributed by atoms with Crippen molar-refractivity contribution >= 4 is 17.3 Å². The van der Waals surface area contributed by atoms with Crippen molar-refractivity contribution in [2.75, 3.05) is 25.1 Å². The Morgan fingerprint density at radius 1 is 1.50 bits per heavy atom. The van der Waals surface area contributed by atoms with Gasteiger partial charge in [-0.2, -0.15) is 0 Å². The second-order valence-corrected chi connectivity index (χ2v) is 5.58. The maximum Gasteiger partial charge on any atom is 0.0825 e. The lowest BCUT2D eigenvalue weighted by atomic mass is 9.94. The molecule has 1 fully saturated rings. The summed E-state index contributed by atoms with van der Waals surface area (Å²) in [6.45, 7) is 4.59. The van der Waals surface area contributed by atoms with E-state index in [0.29, 0.717) is 6.54 Å². The van der Waals surface area contributed by atoms with E-state index in [4.69, 9.17) is 22.1 Å². The first-order valence-corrected chi connectivity index (χ1v) is 6.74. The Labute approximate surface area is 114 Å². The van der Waals surface area contributed by atoms with E-state index in [9.17, 15) is 0 Å². The van der Waals surface area contributed by atoms with E-state index in [0.717, 1.165) is 42.2 Å². The van der Waals surface area contributed by atoms with Gasteiger partial charge in [-0.1, -0.05) is 17.7 Å². The van der Waals surface area contributed by atoms with Gasteiger partial charge in [-0.15, -0.1) is 0 Å². The highest BCUT2D eigenvalue weighted by molar-refractivity contribution is 6.33. The third-order valence-electron chi connectivity index (χ3n) is 3.74. The Morgan fingerprint density at radius 2 is 2.28 bits per heavy atom. The van der Waals surface area contributed by atoms with E-state index in [1.807, 2.05) is 12.1 Å². The maximum absolute atomic E-state index is 6.34. The molecule has 3 nitrogen and oxygen atoms in total. The quantitative estimate of drug-likeness (QED) is 0.916. The normalized spacial score (nSPS) is 24.3. The van der Waals surface area contributed by atoms with Gasteiger partial charge in [-0.25, -0.2) is 0 Å². The van der Waals surface area contributed by atoms with Crippen LogP contribution in [0.15, 0.2) is 18.2 Å². The van der Waals surface area contributed by atoms with Gasteiger partial charge < -0.3 is 15.4 Å². The summed E-state index contributed by atoms with van der Waals surface area (Å²) in [5.74, 6) is 0. The molecule has 1 aliphatic rings. The Balaban J connectivity index is 2.21. The number of nitrogens with zero attached hydrogens (tertiary/aromatic N) is 1. The standard InChI is InChI=1S/C14H21ClN2O/c1-14(18-2)6-3-7-17(10-14)13-5-4-11(9-16)8-12(13)15/h4-5,8H,3,6-7,9-10,16H2,1-2H3. The number of piperidine rings is 1. The molecule has 0 radical (unpaired) electrons. The van der Waals surface area contributed by atoms with E-state index >= 15 is 0 Å². The van der Waals surface area contributed by atoms with Crippen molar-refractivity contribution in [1.82, 2.24) is 0 Å². The molecule has 0 aromatic heterocycles. The third-order valence-corrected chi connectivity index (χ3v) is 4.04. The molecule has 0 bridgehead atoms. The molecule has 1 unspecified atom stereocenters. The van der Waals surface area contributed by atoms with E-state index in [1.54, 1.807) is 7.11 Å². The minimum atomic E-state index is -0.0753. The van der Waals surface area contributed by atoms with Crippen LogP contribution >= 0.6 is 11.6 Å². The predicted molar refractivity (Wildman–Crippen MR) is 76.2 cm³/mol. The number of ether oxygens (including phenoxy) is 1. The summed E-state index contributed by atoms with van der Waals surface area (Å²) >= 11 is 6.34. The lowest BCUT2D eigenvalue weighted by molar-refractivity contribution is -0.00464. The van der Waals surface area contributed by atoms with Crippen LogP contribution < -0.4 is 10.6 Å². The number of hydrogen-bond donors (Lipinski definition) is 1. The van der Waals surface area contributed by atoms with Gasteiger partial charge in [-0.3, -0.25) is 0 Å². The van der Waals surface area contributed by atoms with Crippen LogP contribution in [0.3, 0.4) is 0 Å². The van der Waals surface area contributed by atoms with Crippen LogP contribution in [-0.2, 0) is 11.3 Å². The van der Waals surface area contributed by atoms with Gasteiger partial charge in [0, 0.05) is 26.7 Å². The minimum Gasteiger partial charge on any atom is -0.377 e. The van der Waals surface area contributed by atoms with E-state index < -0.39 is 0 Å². The summed E-state index contributed by atoms with van der Waals surface area (Å²) in [5, 5.41) is 0.776. The SMILES string of the molecule is COC1(C)CCCN(c2ccc(CN)cc2Cl)C1. The van der Waals surface area contributed by atoms with Crippen LogP contribution in [0.25, 0.3) is 0 Å². The molecule has 100 valence electrons. The third kappa shape index (κ3) is 2.79. The van der Waals surface area contributed by atoms with Gasteiger partial charge in [0.25, 0.3) is 0 Å². The van der Waals surface area contributed by atoms with Crippen molar-refractivity contribution < 1.29 is 4.74 Å². The first-order valence-electron chi connectivity index (χ1n) is 6.36. The van der Waals surface area contributed by atoms with Gasteiger partial charge in [-0.05, 0) is 37.5 Å². The fourth-order valence-electron chi connectivity index (χ4n) is 2.51. The van der Waals surface area contributed by atoms with Crippen molar-refractivity contribution in [3.8, 4) is 0 Å². The second-order valence-electron chi connectivity index (χ2n) is 5.17. The van der Waals surface area contributed by atoms with Gasteiger partial charge in [0.15, 0.2) is 0 Å². The molecule has 1 aromatic carbocycles. The monoisotopic (exact) mass is 268 g/mol. The predicted octanol–water partition coefficient (Wildman–Crippen LogP) is 2.80. The number of hydrogen-bond acceptors (Lipinski definition) is 3. The van der Waals surface area contributed by atoms with Crippen LogP contribution in [0.4, 0.5) is 5.69 Å². The number of benzene rings is 1. The molecule has 1 saturated heterocycles. The van der Waals surface area contributed by atoms with E-state index in [1.165, 1.54) is 0 Å². The largest absolute Gasteiger partial charge is 0.377 e. The van der Waals surface area contributed by atoms with Crippen molar-refractivity contribution in [1.29, 1.82) is 0 Å². The number of halogens is 1. The van der Waals surface area contributed by atoms with Crippen molar-refractivity contribution in [3.63, 3.8) is 0 Å². The van der Waals surface area contributed by atoms with Gasteiger partial charge in [0.1, 0.15) is 0 Å². The molecule has 2 rings (SSSR count). The molecule has 4 heteroatoms. The van der Waals surface area contributed by atoms with Crippen LogP contribution in [0, 0.1) is 0 Å². The summed E-state index contributed by atoms with van der Waals surface area (Å²) in [6.07, 6.45) is 2.22. The number of nitrogens with two attached hydrogens (primary N) is 1. The second kappa shape index (κ2) is 5.47. The van der Waals surface area contributed by atoms with Gasteiger partial charge in [0.2, 0.25) is 0 Å². The summed E-state index contributed by atoms with van der Waals surface area (Å²) in [7, 11) is 1.78. The number of methoxy groups -OCH3 is 1. The highest BCUT2D eigenvalue weighted by Crippen LogP contribution is 2.32. The Bertz CT molecular complexity index is 424. The molecular formula is C14H21ClN2O. The molecule has 0 saturated carbocycles. The summed E-state index contributed by atoms with van der Waals surface area (Å²) < 4.78 is 5.61. The van der Waals surface area contributed by atoms with Crippen LogP contribution in [0.5, 0.6) is 0 Å². The Hall–Kier alpha value is -0.770. The van der Waals surface area contributed by atoms with Crippen molar-refractivity contribution in [3.05, 3.63) is 28.8 Å². The smallest absolute Gasteiger partial charge is 0.0825 e. The highest BCUT2D eigenvalue weighted by Gasteiger charge is 2.31. The lowest BCUT2D eigenvalue weighted by Crippen LogP contribution is -2.47. The van der Waals surface area contributed by atoms with Gasteiger partial charge >= 0.3 is 0 Å². The van der Waals surface area contributed by atoms with Crippen molar-refractivity contribution in [2.24, 2.45) is 5.73 Å². The molecule has 1 aliphatic heterocycles. The minimum absolute atomic E-state index is 0.0753. The van der Waals surface area contributed by atoms with E-state index in [2.05, 4.69) is 17.9 Å². The van der Waals surface area contributed by atoms with Crippen LogP contribution in [0.1, 0.15) is 25.3 Å². The molecule has 18 heavy (non-hydrogen) atoms. The molecule has 1 heterocycles. The summed E-state index contributed by atoms with van der Waals surface area (Å²) in [4.78, 5) is 2.30. The fourth-order valence-corrected chi connectivity index (χ4v) is 2.83. The zero-order valence-corrected chi connectivity index (χ0v) is 11.8. The molecule has 0 spiro atoms. The molecule has 0 amide bonds. The van der Waals surface area contributed by atoms with Crippen molar-refractivity contribution in [2.45, 2.75) is 31.9 Å². The zero-order chi connectivity index (χ0) is 13.2. The average Bonchev–Trinajstić information content (AvgIpc) is 2.38. The van der Waals surface area contributed by atoms with E-state index in [-0.39, 0.29) is 5.60 Å². The molecule has 1 aromatic rings. The number of rotatable bonds is 3. The first kappa shape index (κ1) is 13.7. The highest BCUT2D eigenvalue weighted by atomic mass is 35.5. The van der Waals surface area contributed by atoms with Crippen LogP contribution in [-0.4, -0.2) is 25.8 Å².